The quantitative estimate of drug-likeness (QED) is 0.758. The zero-order chi connectivity index (χ0) is 17.7. The molecule has 2 atom stereocenters. The third kappa shape index (κ3) is 5.07. The molecule has 1 N–H and O–H groups in total. The van der Waals surface area contributed by atoms with Gasteiger partial charge in [-0.05, 0) is 12.1 Å². The fourth-order valence-corrected chi connectivity index (χ4v) is 3.65. The van der Waals surface area contributed by atoms with Gasteiger partial charge in [-0.2, -0.15) is 0 Å². The van der Waals surface area contributed by atoms with E-state index in [0.29, 0.717) is 17.4 Å². The third-order valence-corrected chi connectivity index (χ3v) is 6.00. The molecule has 1 saturated heterocycles. The van der Waals surface area contributed by atoms with Gasteiger partial charge in [0.1, 0.15) is 5.75 Å². The SMILES string of the molecule is CN(C)S(=O)(=O)C[C@@H]1COC[C@@H]1NC(=O)COc1ccccc1Cl. The van der Waals surface area contributed by atoms with E-state index >= 15 is 0 Å². The molecule has 134 valence electrons. The second-order valence-corrected chi connectivity index (χ2v) is 8.39. The average Bonchev–Trinajstić information content (AvgIpc) is 2.92. The van der Waals surface area contributed by atoms with Crippen LogP contribution in [0.1, 0.15) is 0 Å². The fourth-order valence-electron chi connectivity index (χ4n) is 2.30. The predicted molar refractivity (Wildman–Crippen MR) is 90.7 cm³/mol. The van der Waals surface area contributed by atoms with Crippen LogP contribution in [-0.2, 0) is 19.6 Å². The van der Waals surface area contributed by atoms with Crippen LogP contribution in [0.4, 0.5) is 0 Å². The molecule has 0 unspecified atom stereocenters. The number of nitrogens with one attached hydrogen (secondary N) is 1. The molecule has 0 aromatic heterocycles. The minimum absolute atomic E-state index is 0.0731. The number of hydrogen-bond donors (Lipinski definition) is 1. The molecule has 1 aliphatic heterocycles. The van der Waals surface area contributed by atoms with Crippen molar-refractivity contribution in [1.82, 2.24) is 9.62 Å². The third-order valence-electron chi connectivity index (χ3n) is 3.72. The zero-order valence-corrected chi connectivity index (χ0v) is 15.1. The van der Waals surface area contributed by atoms with E-state index in [0.717, 1.165) is 0 Å². The maximum atomic E-state index is 12.0. The van der Waals surface area contributed by atoms with E-state index in [-0.39, 0.29) is 36.8 Å². The summed E-state index contributed by atoms with van der Waals surface area (Å²) in [4.78, 5) is 12.0. The van der Waals surface area contributed by atoms with Crippen LogP contribution < -0.4 is 10.1 Å². The van der Waals surface area contributed by atoms with E-state index in [1.807, 2.05) is 0 Å². The summed E-state index contributed by atoms with van der Waals surface area (Å²) in [6, 6.07) is 6.50. The minimum Gasteiger partial charge on any atom is -0.482 e. The summed E-state index contributed by atoms with van der Waals surface area (Å²) in [6.45, 7) is 0.377. The van der Waals surface area contributed by atoms with Gasteiger partial charge in [0.25, 0.3) is 5.91 Å². The van der Waals surface area contributed by atoms with Gasteiger partial charge in [0.05, 0.1) is 30.0 Å². The Labute approximate surface area is 146 Å². The van der Waals surface area contributed by atoms with E-state index in [4.69, 9.17) is 21.1 Å². The van der Waals surface area contributed by atoms with Crippen LogP contribution in [0.5, 0.6) is 5.75 Å². The molecule has 1 aromatic rings. The van der Waals surface area contributed by atoms with Crippen molar-refractivity contribution >= 4 is 27.5 Å². The molecule has 0 bridgehead atoms. The molecule has 1 fully saturated rings. The molecule has 0 radical (unpaired) electrons. The van der Waals surface area contributed by atoms with Gasteiger partial charge >= 0.3 is 0 Å². The molecule has 0 spiro atoms. The van der Waals surface area contributed by atoms with Gasteiger partial charge in [-0.3, -0.25) is 4.79 Å². The number of rotatable bonds is 7. The maximum Gasteiger partial charge on any atom is 0.258 e. The van der Waals surface area contributed by atoms with Crippen molar-refractivity contribution in [2.75, 3.05) is 39.7 Å². The summed E-state index contributed by atoms with van der Waals surface area (Å²) in [5.74, 6) is -0.292. The van der Waals surface area contributed by atoms with Gasteiger partial charge in [0.2, 0.25) is 10.0 Å². The summed E-state index contributed by atoms with van der Waals surface area (Å²) in [5, 5.41) is 3.19. The molecule has 0 saturated carbocycles. The summed E-state index contributed by atoms with van der Waals surface area (Å²) in [7, 11) is -0.393. The number of halogens is 1. The predicted octanol–water partition coefficient (Wildman–Crippen LogP) is 0.741. The molecule has 0 aliphatic carbocycles. The normalized spacial score (nSPS) is 21.0. The number of amides is 1. The molecule has 1 amide bonds. The first-order valence-corrected chi connectivity index (χ1v) is 9.43. The zero-order valence-electron chi connectivity index (χ0n) is 13.6. The number of para-hydroxylation sites is 1. The van der Waals surface area contributed by atoms with Crippen LogP contribution >= 0.6 is 11.6 Å². The molecule has 1 heterocycles. The minimum atomic E-state index is -3.36. The Morgan fingerprint density at radius 1 is 1.38 bits per heavy atom. The highest BCUT2D eigenvalue weighted by Gasteiger charge is 2.34. The fraction of sp³-hybridized carbons (Fsp3) is 0.533. The summed E-state index contributed by atoms with van der Waals surface area (Å²) in [6.07, 6.45) is 0. The van der Waals surface area contributed by atoms with Crippen molar-refractivity contribution in [2.45, 2.75) is 6.04 Å². The Hall–Kier alpha value is -1.35. The van der Waals surface area contributed by atoms with Crippen LogP contribution in [-0.4, -0.2) is 64.3 Å². The lowest BCUT2D eigenvalue weighted by atomic mass is 10.1. The molecular weight excluding hydrogens is 356 g/mol. The molecule has 2 rings (SSSR count). The maximum absolute atomic E-state index is 12.0. The molecule has 1 aromatic carbocycles. The number of benzene rings is 1. The number of hydrogen-bond acceptors (Lipinski definition) is 5. The van der Waals surface area contributed by atoms with Gasteiger partial charge < -0.3 is 14.8 Å². The highest BCUT2D eigenvalue weighted by Crippen LogP contribution is 2.23. The molecule has 1 aliphatic rings. The number of sulfonamides is 1. The molecule has 7 nitrogen and oxygen atoms in total. The van der Waals surface area contributed by atoms with Crippen molar-refractivity contribution in [3.05, 3.63) is 29.3 Å². The van der Waals surface area contributed by atoms with Crippen LogP contribution in [0, 0.1) is 5.92 Å². The van der Waals surface area contributed by atoms with Gasteiger partial charge in [-0.15, -0.1) is 0 Å². The lowest BCUT2D eigenvalue weighted by Gasteiger charge is -2.21. The Bertz CT molecular complexity index is 680. The van der Waals surface area contributed by atoms with Crippen molar-refractivity contribution in [3.8, 4) is 5.75 Å². The van der Waals surface area contributed by atoms with Gasteiger partial charge in [0.15, 0.2) is 6.61 Å². The van der Waals surface area contributed by atoms with Crippen LogP contribution in [0.2, 0.25) is 5.02 Å². The highest BCUT2D eigenvalue weighted by atomic mass is 35.5. The van der Waals surface area contributed by atoms with Crippen molar-refractivity contribution < 1.29 is 22.7 Å². The summed E-state index contributed by atoms with van der Waals surface area (Å²) in [5.41, 5.74) is 0. The largest absolute Gasteiger partial charge is 0.482 e. The first kappa shape index (κ1) is 19.0. The van der Waals surface area contributed by atoms with Crippen LogP contribution in [0.15, 0.2) is 24.3 Å². The number of carbonyl (C=O) groups is 1. The van der Waals surface area contributed by atoms with E-state index in [1.165, 1.54) is 18.4 Å². The Balaban J connectivity index is 1.87. The lowest BCUT2D eigenvalue weighted by molar-refractivity contribution is -0.124. The van der Waals surface area contributed by atoms with Crippen LogP contribution in [0.25, 0.3) is 0 Å². The van der Waals surface area contributed by atoms with Crippen molar-refractivity contribution in [3.63, 3.8) is 0 Å². The average molecular weight is 377 g/mol. The summed E-state index contributed by atoms with van der Waals surface area (Å²) >= 11 is 5.96. The molecular formula is C15H21ClN2O5S. The second-order valence-electron chi connectivity index (χ2n) is 5.75. The highest BCUT2D eigenvalue weighted by molar-refractivity contribution is 7.89. The monoisotopic (exact) mass is 376 g/mol. The molecule has 24 heavy (non-hydrogen) atoms. The first-order valence-electron chi connectivity index (χ1n) is 7.44. The van der Waals surface area contributed by atoms with Gasteiger partial charge in [-0.25, -0.2) is 12.7 Å². The number of carbonyl (C=O) groups excluding carboxylic acids is 1. The van der Waals surface area contributed by atoms with Crippen molar-refractivity contribution in [2.24, 2.45) is 5.92 Å². The van der Waals surface area contributed by atoms with Crippen molar-refractivity contribution in [1.29, 1.82) is 0 Å². The molecule has 9 heteroatoms. The Morgan fingerprint density at radius 2 is 2.08 bits per heavy atom. The van der Waals surface area contributed by atoms with E-state index in [1.54, 1.807) is 24.3 Å². The second kappa shape index (κ2) is 8.15. The van der Waals surface area contributed by atoms with Gasteiger partial charge in [0, 0.05) is 20.0 Å². The van der Waals surface area contributed by atoms with E-state index < -0.39 is 10.0 Å². The van der Waals surface area contributed by atoms with E-state index in [9.17, 15) is 13.2 Å². The van der Waals surface area contributed by atoms with E-state index in [2.05, 4.69) is 5.32 Å². The number of ether oxygens (including phenoxy) is 2. The Kier molecular flexibility index (Phi) is 6.45. The standard InChI is InChI=1S/C15H21ClN2O5S/c1-18(2)24(20,21)10-11-7-22-8-13(11)17-15(19)9-23-14-6-4-3-5-12(14)16/h3-6,11,13H,7-10H2,1-2H3,(H,17,19)/t11-,13-/m0/s1. The number of nitrogens with zero attached hydrogens (tertiary/aromatic N) is 1. The Morgan fingerprint density at radius 3 is 2.75 bits per heavy atom. The smallest absolute Gasteiger partial charge is 0.258 e. The first-order chi connectivity index (χ1) is 11.3. The van der Waals surface area contributed by atoms with Gasteiger partial charge in [-0.1, -0.05) is 23.7 Å². The topological polar surface area (TPSA) is 84.9 Å². The van der Waals surface area contributed by atoms with Crippen LogP contribution in [0.3, 0.4) is 0 Å². The lowest BCUT2D eigenvalue weighted by Crippen LogP contribution is -2.45. The summed E-state index contributed by atoms with van der Waals surface area (Å²) < 4.78 is 35.8.